The van der Waals surface area contributed by atoms with E-state index in [0.29, 0.717) is 6.54 Å². The Hall–Kier alpha value is -2.90. The Morgan fingerprint density at radius 1 is 1.00 bits per heavy atom. The van der Waals surface area contributed by atoms with Gasteiger partial charge in [-0.25, -0.2) is 0 Å². The summed E-state index contributed by atoms with van der Waals surface area (Å²) < 4.78 is 41.2. The highest BCUT2D eigenvalue weighted by Crippen LogP contribution is 2.38. The quantitative estimate of drug-likeness (QED) is 0.481. The fourth-order valence-corrected chi connectivity index (χ4v) is 4.60. The molecule has 0 bridgehead atoms. The Morgan fingerprint density at radius 3 is 2.59 bits per heavy atom. The molecule has 4 aromatic rings. The lowest BCUT2D eigenvalue weighted by Gasteiger charge is -2.39. The minimum absolute atomic E-state index is 0.248. The highest BCUT2D eigenvalue weighted by atomic mass is 19.4. The van der Waals surface area contributed by atoms with Gasteiger partial charge in [0.15, 0.2) is 5.60 Å². The van der Waals surface area contributed by atoms with Gasteiger partial charge in [0, 0.05) is 48.5 Å². The number of likely N-dealkylation sites (tertiary alicyclic amines) is 1. The van der Waals surface area contributed by atoms with Gasteiger partial charge in [-0.2, -0.15) is 13.2 Å². The largest absolute Gasteiger partial charge is 0.417 e. The number of piperidine rings is 1. The lowest BCUT2D eigenvalue weighted by molar-refractivity contribution is -0.272. The highest BCUT2D eigenvalue weighted by Gasteiger charge is 2.54. The number of halogens is 3. The van der Waals surface area contributed by atoms with Crippen molar-refractivity contribution in [2.45, 2.75) is 31.0 Å². The molecule has 1 aliphatic rings. The van der Waals surface area contributed by atoms with Crippen molar-refractivity contribution in [1.29, 1.82) is 0 Å². The van der Waals surface area contributed by atoms with E-state index < -0.39 is 11.8 Å². The van der Waals surface area contributed by atoms with Crippen molar-refractivity contribution in [3.05, 3.63) is 72.6 Å². The van der Waals surface area contributed by atoms with Crippen LogP contribution in [0.3, 0.4) is 0 Å². The zero-order valence-electron chi connectivity index (χ0n) is 17.5. The van der Waals surface area contributed by atoms with Crippen LogP contribution in [0.1, 0.15) is 18.4 Å². The molecule has 1 fully saturated rings. The van der Waals surface area contributed by atoms with Gasteiger partial charge in [0.05, 0.1) is 11.0 Å². The number of nitrogens with zero attached hydrogens (tertiary/aromatic N) is 3. The molecule has 1 saturated heterocycles. The number of rotatable bonds is 4. The van der Waals surface area contributed by atoms with Crippen LogP contribution in [-0.4, -0.2) is 51.0 Å². The average molecular weight is 439 g/mol. The molecular weight excluding hydrogens is 415 g/mol. The van der Waals surface area contributed by atoms with Crippen molar-refractivity contribution in [1.82, 2.24) is 14.5 Å². The topological polar surface area (TPSA) is 41.3 Å². The molecule has 2 aromatic carbocycles. The Kier molecular flexibility index (Phi) is 5.18. The van der Waals surface area contributed by atoms with Gasteiger partial charge in [-0.1, -0.05) is 18.2 Å². The van der Waals surface area contributed by atoms with Crippen molar-refractivity contribution in [3.8, 4) is 5.69 Å². The van der Waals surface area contributed by atoms with E-state index in [4.69, 9.17) is 0 Å². The first kappa shape index (κ1) is 21.0. The summed E-state index contributed by atoms with van der Waals surface area (Å²) in [5.74, 6) is 0. The molecule has 0 spiro atoms. The number of aliphatic hydroxyl groups is 1. The van der Waals surface area contributed by atoms with Gasteiger partial charge in [0.1, 0.15) is 0 Å². The Morgan fingerprint density at radius 2 is 1.81 bits per heavy atom. The van der Waals surface area contributed by atoms with E-state index in [2.05, 4.69) is 46.1 Å². The predicted molar refractivity (Wildman–Crippen MR) is 119 cm³/mol. The molecule has 5 rings (SSSR count). The fraction of sp³-hybridized carbons (Fsp3) is 0.320. The number of benzene rings is 2. The number of alkyl halides is 3. The highest BCUT2D eigenvalue weighted by molar-refractivity contribution is 5.87. The second-order valence-corrected chi connectivity index (χ2v) is 8.54. The van der Waals surface area contributed by atoms with Crippen LogP contribution in [0.4, 0.5) is 13.2 Å². The minimum Gasteiger partial charge on any atom is -0.380 e. The summed E-state index contributed by atoms with van der Waals surface area (Å²) in [6.07, 6.45) is -0.525. The molecule has 1 aliphatic heterocycles. The van der Waals surface area contributed by atoms with Crippen molar-refractivity contribution < 1.29 is 18.3 Å². The Bertz CT molecular complexity index is 1260. The normalized spacial score (nSPS) is 17.2. The van der Waals surface area contributed by atoms with Crippen LogP contribution in [0.25, 0.3) is 27.5 Å². The average Bonchev–Trinajstić information content (AvgIpc) is 3.22. The number of aromatic nitrogens is 2. The van der Waals surface area contributed by atoms with Crippen molar-refractivity contribution in [3.63, 3.8) is 0 Å². The molecule has 0 amide bonds. The molecular formula is C25H24F3N3O. The number of pyridine rings is 1. The predicted octanol–water partition coefficient (Wildman–Crippen LogP) is 5.11. The second kappa shape index (κ2) is 7.90. The molecule has 1 N–H and O–H groups in total. The van der Waals surface area contributed by atoms with Gasteiger partial charge in [-0.15, -0.1) is 0 Å². The maximum Gasteiger partial charge on any atom is 0.417 e. The summed E-state index contributed by atoms with van der Waals surface area (Å²) in [7, 11) is 0. The molecule has 3 heterocycles. The molecule has 0 atom stereocenters. The Labute approximate surface area is 183 Å². The number of hydrogen-bond acceptors (Lipinski definition) is 3. The summed E-state index contributed by atoms with van der Waals surface area (Å²) in [6.45, 7) is 1.16. The summed E-state index contributed by atoms with van der Waals surface area (Å²) in [4.78, 5) is 6.39. The van der Waals surface area contributed by atoms with Crippen LogP contribution in [-0.2, 0) is 6.42 Å². The van der Waals surface area contributed by atoms with Crippen molar-refractivity contribution >= 4 is 21.8 Å². The van der Waals surface area contributed by atoms with Crippen LogP contribution >= 0.6 is 0 Å². The first-order valence-corrected chi connectivity index (χ1v) is 10.8. The van der Waals surface area contributed by atoms with E-state index in [-0.39, 0.29) is 25.9 Å². The van der Waals surface area contributed by atoms with Gasteiger partial charge in [-0.05, 0) is 61.2 Å². The first-order chi connectivity index (χ1) is 15.3. The van der Waals surface area contributed by atoms with E-state index in [9.17, 15) is 18.3 Å². The van der Waals surface area contributed by atoms with Crippen LogP contribution in [0.15, 0.2) is 67.0 Å². The van der Waals surface area contributed by atoms with Gasteiger partial charge >= 0.3 is 6.18 Å². The molecule has 2 aromatic heterocycles. The fourth-order valence-electron chi connectivity index (χ4n) is 4.60. The molecule has 32 heavy (non-hydrogen) atoms. The SMILES string of the molecule is OC1(C(F)(F)F)CCN(CCc2cccc3c2ccn3-c2ccc3ncccc3c2)CC1. The second-order valence-electron chi connectivity index (χ2n) is 8.54. The third kappa shape index (κ3) is 3.76. The van der Waals surface area contributed by atoms with Crippen LogP contribution in [0.5, 0.6) is 0 Å². The van der Waals surface area contributed by atoms with E-state index >= 15 is 0 Å². The molecule has 0 aliphatic carbocycles. The zero-order valence-corrected chi connectivity index (χ0v) is 17.5. The van der Waals surface area contributed by atoms with E-state index in [1.54, 1.807) is 6.20 Å². The molecule has 7 heteroatoms. The molecule has 0 saturated carbocycles. The summed E-state index contributed by atoms with van der Waals surface area (Å²) in [5, 5.41) is 12.1. The first-order valence-electron chi connectivity index (χ1n) is 10.8. The van der Waals surface area contributed by atoms with Gasteiger partial charge in [0.2, 0.25) is 0 Å². The van der Waals surface area contributed by atoms with E-state index in [0.717, 1.165) is 33.9 Å². The minimum atomic E-state index is -4.56. The smallest absolute Gasteiger partial charge is 0.380 e. The lowest BCUT2D eigenvalue weighted by atomic mass is 9.90. The maximum atomic E-state index is 13.0. The van der Waals surface area contributed by atoms with Crippen LogP contribution in [0.2, 0.25) is 0 Å². The van der Waals surface area contributed by atoms with E-state index in [1.165, 1.54) is 5.56 Å². The van der Waals surface area contributed by atoms with Crippen molar-refractivity contribution in [2.24, 2.45) is 0 Å². The van der Waals surface area contributed by atoms with Crippen LogP contribution in [0, 0.1) is 0 Å². The lowest BCUT2D eigenvalue weighted by Crippen LogP contribution is -2.53. The molecule has 0 radical (unpaired) electrons. The van der Waals surface area contributed by atoms with Gasteiger partial charge in [0.25, 0.3) is 0 Å². The summed E-state index contributed by atoms with van der Waals surface area (Å²) >= 11 is 0. The standard InChI is InChI=1S/C25H24F3N3O/c26-25(27,28)24(32)10-15-30(16-11-24)13-8-18-3-1-5-23-21(18)9-14-31(23)20-6-7-22-19(17-20)4-2-12-29-22/h1-7,9,12,14,17,32H,8,10-11,13,15-16H2. The number of fused-ring (bicyclic) bond motifs is 2. The third-order valence-corrected chi connectivity index (χ3v) is 6.60. The van der Waals surface area contributed by atoms with Gasteiger partial charge in [-0.3, -0.25) is 4.98 Å². The summed E-state index contributed by atoms with van der Waals surface area (Å²) in [6, 6.07) is 18.4. The summed E-state index contributed by atoms with van der Waals surface area (Å²) in [5.41, 5.74) is 1.72. The van der Waals surface area contributed by atoms with E-state index in [1.807, 2.05) is 29.2 Å². The molecule has 4 nitrogen and oxygen atoms in total. The Balaban J connectivity index is 1.34. The maximum absolute atomic E-state index is 13.0. The zero-order chi connectivity index (χ0) is 22.3. The molecule has 0 unspecified atom stereocenters. The third-order valence-electron chi connectivity index (χ3n) is 6.60. The van der Waals surface area contributed by atoms with Crippen LogP contribution < -0.4 is 0 Å². The monoisotopic (exact) mass is 439 g/mol. The van der Waals surface area contributed by atoms with Gasteiger partial charge < -0.3 is 14.6 Å². The molecule has 166 valence electrons. The number of hydrogen-bond donors (Lipinski definition) is 1. The van der Waals surface area contributed by atoms with Crippen molar-refractivity contribution in [2.75, 3.05) is 19.6 Å².